The van der Waals surface area contributed by atoms with Gasteiger partial charge in [0.05, 0.1) is 7.11 Å². The van der Waals surface area contributed by atoms with E-state index in [1.165, 1.54) is 0 Å². The van der Waals surface area contributed by atoms with Crippen molar-refractivity contribution in [2.24, 2.45) is 0 Å². The van der Waals surface area contributed by atoms with E-state index in [2.05, 4.69) is 10.3 Å². The topological polar surface area (TPSA) is 51.2 Å². The largest absolute Gasteiger partial charge is 0.497 e. The van der Waals surface area contributed by atoms with E-state index in [1.807, 2.05) is 19.1 Å². The number of carbonyl (C=O) groups is 1. The smallest absolute Gasteiger partial charge is 0.275 e. The van der Waals surface area contributed by atoms with Crippen molar-refractivity contribution < 1.29 is 9.53 Å². The van der Waals surface area contributed by atoms with Gasteiger partial charge < -0.3 is 10.1 Å². The fourth-order valence-corrected chi connectivity index (χ4v) is 2.47. The first-order valence-electron chi connectivity index (χ1n) is 6.27. The van der Waals surface area contributed by atoms with Crippen LogP contribution in [-0.2, 0) is 0 Å². The van der Waals surface area contributed by atoms with Gasteiger partial charge in [0.25, 0.3) is 5.91 Å². The van der Waals surface area contributed by atoms with Gasteiger partial charge in [0.1, 0.15) is 11.4 Å². The first kappa shape index (κ1) is 14.4. The van der Waals surface area contributed by atoms with Gasteiger partial charge in [-0.05, 0) is 42.2 Å². The summed E-state index contributed by atoms with van der Waals surface area (Å²) in [6.07, 6.45) is 1.63. The molecule has 0 unspecified atom stereocenters. The lowest BCUT2D eigenvalue weighted by atomic mass is 10.3. The maximum atomic E-state index is 12.2. The Bertz CT molecular complexity index is 585. The van der Waals surface area contributed by atoms with Crippen LogP contribution in [-0.4, -0.2) is 23.8 Å². The standard InChI is InChI=1S/C15H16N2O2S/c1-3-20-13-5-4-10-16-14(13)15(18)17-11-6-8-12(19-2)9-7-11/h4-10H,3H2,1-2H3,(H,17,18). The highest BCUT2D eigenvalue weighted by atomic mass is 32.2. The van der Waals surface area contributed by atoms with Gasteiger partial charge in [-0.2, -0.15) is 0 Å². The van der Waals surface area contributed by atoms with Crippen LogP contribution >= 0.6 is 11.8 Å². The van der Waals surface area contributed by atoms with Gasteiger partial charge in [0, 0.05) is 16.8 Å². The van der Waals surface area contributed by atoms with Crippen molar-refractivity contribution in [2.75, 3.05) is 18.2 Å². The first-order valence-corrected chi connectivity index (χ1v) is 7.26. The van der Waals surface area contributed by atoms with E-state index in [-0.39, 0.29) is 5.91 Å². The van der Waals surface area contributed by atoms with Gasteiger partial charge in [-0.15, -0.1) is 11.8 Å². The number of ether oxygens (including phenoxy) is 1. The molecule has 0 aliphatic rings. The molecule has 0 saturated heterocycles. The Hall–Kier alpha value is -2.01. The minimum absolute atomic E-state index is 0.202. The molecule has 0 fully saturated rings. The summed E-state index contributed by atoms with van der Waals surface area (Å²) in [7, 11) is 1.61. The first-order chi connectivity index (χ1) is 9.74. The van der Waals surface area contributed by atoms with Crippen LogP contribution in [0.3, 0.4) is 0 Å². The summed E-state index contributed by atoms with van der Waals surface area (Å²) >= 11 is 1.60. The summed E-state index contributed by atoms with van der Waals surface area (Å²) in [6.45, 7) is 2.04. The lowest BCUT2D eigenvalue weighted by Crippen LogP contribution is -2.14. The molecule has 4 nitrogen and oxygen atoms in total. The molecule has 1 heterocycles. The number of nitrogens with zero attached hydrogens (tertiary/aromatic N) is 1. The van der Waals surface area contributed by atoms with Crippen LogP contribution in [0.15, 0.2) is 47.5 Å². The summed E-state index contributed by atoms with van der Waals surface area (Å²) in [5.74, 6) is 1.45. The Morgan fingerprint density at radius 1 is 1.30 bits per heavy atom. The molecule has 0 radical (unpaired) electrons. The van der Waals surface area contributed by atoms with Crippen LogP contribution in [0.2, 0.25) is 0 Å². The number of rotatable bonds is 5. The minimum Gasteiger partial charge on any atom is -0.497 e. The number of pyridine rings is 1. The number of aromatic nitrogens is 1. The SMILES string of the molecule is CCSc1cccnc1C(=O)Nc1ccc(OC)cc1. The molecular formula is C15H16N2O2S. The molecule has 2 aromatic rings. The zero-order valence-corrected chi connectivity index (χ0v) is 12.2. The number of nitrogens with one attached hydrogen (secondary N) is 1. The molecule has 20 heavy (non-hydrogen) atoms. The third-order valence-electron chi connectivity index (χ3n) is 2.63. The predicted molar refractivity (Wildman–Crippen MR) is 81.6 cm³/mol. The lowest BCUT2D eigenvalue weighted by molar-refractivity contribution is 0.101. The van der Waals surface area contributed by atoms with Crippen molar-refractivity contribution in [2.45, 2.75) is 11.8 Å². The maximum Gasteiger partial charge on any atom is 0.275 e. The van der Waals surface area contributed by atoms with Gasteiger partial charge in [0.2, 0.25) is 0 Å². The number of benzene rings is 1. The second-order valence-corrected chi connectivity index (χ2v) is 5.27. The van der Waals surface area contributed by atoms with Crippen molar-refractivity contribution in [3.63, 3.8) is 0 Å². The zero-order chi connectivity index (χ0) is 14.4. The van der Waals surface area contributed by atoms with Gasteiger partial charge >= 0.3 is 0 Å². The third-order valence-corrected chi connectivity index (χ3v) is 3.56. The van der Waals surface area contributed by atoms with Gasteiger partial charge in [-0.25, -0.2) is 4.98 Å². The Morgan fingerprint density at radius 2 is 2.05 bits per heavy atom. The molecule has 2 rings (SSSR count). The molecule has 1 aromatic heterocycles. The van der Waals surface area contributed by atoms with Crippen LogP contribution in [0.25, 0.3) is 0 Å². The van der Waals surface area contributed by atoms with Crippen molar-refractivity contribution in [3.05, 3.63) is 48.3 Å². The second-order valence-electron chi connectivity index (χ2n) is 3.97. The Morgan fingerprint density at radius 3 is 2.70 bits per heavy atom. The number of hydrogen-bond donors (Lipinski definition) is 1. The average molecular weight is 288 g/mol. The molecule has 0 atom stereocenters. The highest BCUT2D eigenvalue weighted by molar-refractivity contribution is 7.99. The number of thioether (sulfide) groups is 1. The Kier molecular flexibility index (Phi) is 5.01. The number of hydrogen-bond acceptors (Lipinski definition) is 4. The number of amides is 1. The summed E-state index contributed by atoms with van der Waals surface area (Å²) in [4.78, 5) is 17.3. The molecule has 1 amide bonds. The zero-order valence-electron chi connectivity index (χ0n) is 11.4. The van der Waals surface area contributed by atoms with Crippen LogP contribution in [0, 0.1) is 0 Å². The quantitative estimate of drug-likeness (QED) is 0.856. The van der Waals surface area contributed by atoms with E-state index >= 15 is 0 Å². The summed E-state index contributed by atoms with van der Waals surface area (Å²) in [6, 6.07) is 10.9. The molecule has 0 saturated carbocycles. The predicted octanol–water partition coefficient (Wildman–Crippen LogP) is 3.45. The van der Waals surface area contributed by atoms with E-state index in [9.17, 15) is 4.79 Å². The highest BCUT2D eigenvalue weighted by Crippen LogP contribution is 2.22. The van der Waals surface area contributed by atoms with Crippen molar-refractivity contribution >= 4 is 23.4 Å². The molecule has 1 aromatic carbocycles. The van der Waals surface area contributed by atoms with Crippen LogP contribution < -0.4 is 10.1 Å². The van der Waals surface area contributed by atoms with E-state index < -0.39 is 0 Å². The summed E-state index contributed by atoms with van der Waals surface area (Å²) < 4.78 is 5.08. The maximum absolute atomic E-state index is 12.2. The fourth-order valence-electron chi connectivity index (χ4n) is 1.70. The van der Waals surface area contributed by atoms with Gasteiger partial charge in [0.15, 0.2) is 0 Å². The molecule has 5 heteroatoms. The fraction of sp³-hybridized carbons (Fsp3) is 0.200. The molecule has 0 spiro atoms. The van der Waals surface area contributed by atoms with Crippen LogP contribution in [0.1, 0.15) is 17.4 Å². The Balaban J connectivity index is 2.15. The van der Waals surface area contributed by atoms with Crippen molar-refractivity contribution in [1.29, 1.82) is 0 Å². The number of carbonyl (C=O) groups excluding carboxylic acids is 1. The molecule has 0 aliphatic carbocycles. The average Bonchev–Trinajstić information content (AvgIpc) is 2.49. The summed E-state index contributed by atoms with van der Waals surface area (Å²) in [5, 5.41) is 2.84. The number of methoxy groups -OCH3 is 1. The highest BCUT2D eigenvalue weighted by Gasteiger charge is 2.12. The van der Waals surface area contributed by atoms with E-state index in [1.54, 1.807) is 49.3 Å². The van der Waals surface area contributed by atoms with Crippen molar-refractivity contribution in [3.8, 4) is 5.75 Å². The van der Waals surface area contributed by atoms with E-state index in [4.69, 9.17) is 4.74 Å². The minimum atomic E-state index is -0.202. The third kappa shape index (κ3) is 3.51. The molecule has 0 aliphatic heterocycles. The van der Waals surface area contributed by atoms with Crippen molar-refractivity contribution in [1.82, 2.24) is 4.98 Å². The van der Waals surface area contributed by atoms with E-state index in [0.717, 1.165) is 16.4 Å². The second kappa shape index (κ2) is 6.96. The molecule has 0 bridgehead atoms. The Labute approximate surface area is 122 Å². The monoisotopic (exact) mass is 288 g/mol. The van der Waals surface area contributed by atoms with Gasteiger partial charge in [-0.1, -0.05) is 6.92 Å². The lowest BCUT2D eigenvalue weighted by Gasteiger charge is -2.08. The van der Waals surface area contributed by atoms with Gasteiger partial charge in [-0.3, -0.25) is 4.79 Å². The number of anilines is 1. The molecular weight excluding hydrogens is 272 g/mol. The van der Waals surface area contributed by atoms with Crippen LogP contribution in [0.5, 0.6) is 5.75 Å². The summed E-state index contributed by atoms with van der Waals surface area (Å²) in [5.41, 5.74) is 1.17. The van der Waals surface area contributed by atoms with Crippen LogP contribution in [0.4, 0.5) is 5.69 Å². The molecule has 104 valence electrons. The van der Waals surface area contributed by atoms with E-state index in [0.29, 0.717) is 11.4 Å². The normalized spacial score (nSPS) is 10.1. The molecule has 1 N–H and O–H groups in total.